The van der Waals surface area contributed by atoms with E-state index in [0.717, 1.165) is 0 Å². The Labute approximate surface area is 176 Å². The summed E-state index contributed by atoms with van der Waals surface area (Å²) in [5, 5.41) is 9.79. The van der Waals surface area contributed by atoms with Gasteiger partial charge in [0.1, 0.15) is 11.9 Å². The Morgan fingerprint density at radius 3 is 2.53 bits per heavy atom. The molecule has 1 saturated carbocycles. The van der Waals surface area contributed by atoms with Crippen molar-refractivity contribution in [3.63, 3.8) is 0 Å². The van der Waals surface area contributed by atoms with E-state index in [1.54, 1.807) is 30.3 Å². The molecule has 156 valence electrons. The van der Waals surface area contributed by atoms with Crippen molar-refractivity contribution in [2.45, 2.75) is 18.9 Å². The summed E-state index contributed by atoms with van der Waals surface area (Å²) in [5.74, 6) is 0.197. The van der Waals surface area contributed by atoms with Gasteiger partial charge in [0.05, 0.1) is 30.5 Å². The molecule has 2 aromatic carbocycles. The second-order valence-corrected chi connectivity index (χ2v) is 7.45. The minimum Gasteiger partial charge on any atom is -0.493 e. The third-order valence-corrected chi connectivity index (χ3v) is 5.47. The van der Waals surface area contributed by atoms with E-state index in [4.69, 9.17) is 35.3 Å². The molecule has 1 fully saturated rings. The fourth-order valence-corrected chi connectivity index (χ4v) is 3.70. The van der Waals surface area contributed by atoms with Gasteiger partial charge in [-0.15, -0.1) is 0 Å². The number of halogens is 1. The molecule has 3 aromatic rings. The first kappa shape index (κ1) is 20.1. The lowest BCUT2D eigenvalue weighted by Crippen LogP contribution is -2.38. The third-order valence-electron chi connectivity index (χ3n) is 5.17. The van der Waals surface area contributed by atoms with Crippen LogP contribution in [0.5, 0.6) is 17.2 Å². The number of fused-ring (bicyclic) bond motifs is 1. The molecule has 0 aliphatic heterocycles. The van der Waals surface area contributed by atoms with Crippen molar-refractivity contribution in [2.24, 2.45) is 5.92 Å². The predicted molar refractivity (Wildman–Crippen MR) is 111 cm³/mol. The molecular formula is C22H19ClO7. The molecular weight excluding hydrogens is 412 g/mol. The first-order valence-electron chi connectivity index (χ1n) is 9.29. The van der Waals surface area contributed by atoms with Crippen molar-refractivity contribution in [1.82, 2.24) is 0 Å². The Kier molecular flexibility index (Phi) is 5.30. The number of benzene rings is 2. The van der Waals surface area contributed by atoms with E-state index < -0.39 is 11.9 Å². The number of carboxylic acid groups (broad SMARTS) is 1. The Morgan fingerprint density at radius 2 is 1.87 bits per heavy atom. The van der Waals surface area contributed by atoms with Crippen molar-refractivity contribution in [2.75, 3.05) is 14.2 Å². The molecule has 8 heteroatoms. The molecule has 0 radical (unpaired) electrons. The van der Waals surface area contributed by atoms with Gasteiger partial charge in [0.2, 0.25) is 5.75 Å². The molecule has 1 N–H and O–H groups in total. The standard InChI is InChI=1S/C22H19ClO7/c1-27-18-8-11(17-10-16(24)14-4-3-5-15(23)20(14)30-17)9-19(21(18)28-2)29-13-6-12(7-13)22(25)26/h3-5,8-10,12-13H,6-7H2,1-2H3,(H,25,26). The quantitative estimate of drug-likeness (QED) is 0.620. The summed E-state index contributed by atoms with van der Waals surface area (Å²) < 4.78 is 22.8. The predicted octanol–water partition coefficient (Wildman–Crippen LogP) is 4.37. The van der Waals surface area contributed by atoms with Gasteiger partial charge in [0, 0.05) is 11.6 Å². The zero-order valence-corrected chi connectivity index (χ0v) is 17.1. The van der Waals surface area contributed by atoms with Crippen LogP contribution in [0.3, 0.4) is 0 Å². The fourth-order valence-electron chi connectivity index (χ4n) is 3.49. The fraction of sp³-hybridized carbons (Fsp3) is 0.273. The van der Waals surface area contributed by atoms with E-state index in [1.165, 1.54) is 20.3 Å². The van der Waals surface area contributed by atoms with Crippen LogP contribution in [0.25, 0.3) is 22.3 Å². The summed E-state index contributed by atoms with van der Waals surface area (Å²) in [6.07, 6.45) is 0.565. The Hall–Kier alpha value is -3.19. The highest BCUT2D eigenvalue weighted by atomic mass is 35.5. The van der Waals surface area contributed by atoms with E-state index in [1.807, 2.05) is 0 Å². The third kappa shape index (κ3) is 3.57. The molecule has 0 unspecified atom stereocenters. The Balaban J connectivity index is 1.77. The maximum Gasteiger partial charge on any atom is 0.306 e. The Bertz CT molecular complexity index is 1180. The molecule has 1 aliphatic carbocycles. The highest BCUT2D eigenvalue weighted by molar-refractivity contribution is 6.34. The molecule has 7 nitrogen and oxygen atoms in total. The van der Waals surface area contributed by atoms with Crippen LogP contribution >= 0.6 is 11.6 Å². The van der Waals surface area contributed by atoms with Crippen molar-refractivity contribution < 1.29 is 28.5 Å². The maximum absolute atomic E-state index is 12.6. The first-order valence-corrected chi connectivity index (χ1v) is 9.67. The van der Waals surface area contributed by atoms with Crippen molar-refractivity contribution in [3.8, 4) is 28.6 Å². The van der Waals surface area contributed by atoms with Crippen molar-refractivity contribution in [3.05, 3.63) is 51.6 Å². The van der Waals surface area contributed by atoms with E-state index in [2.05, 4.69) is 0 Å². The molecule has 0 bridgehead atoms. The highest BCUT2D eigenvalue weighted by Crippen LogP contribution is 2.44. The first-order chi connectivity index (χ1) is 14.4. The summed E-state index contributed by atoms with van der Waals surface area (Å²) in [7, 11) is 2.98. The lowest BCUT2D eigenvalue weighted by atomic mass is 9.82. The largest absolute Gasteiger partial charge is 0.493 e. The topological polar surface area (TPSA) is 95.2 Å². The van der Waals surface area contributed by atoms with Gasteiger partial charge < -0.3 is 23.7 Å². The minimum absolute atomic E-state index is 0.228. The van der Waals surface area contributed by atoms with Crippen LogP contribution in [-0.2, 0) is 4.79 Å². The van der Waals surface area contributed by atoms with Crippen molar-refractivity contribution >= 4 is 28.5 Å². The number of methoxy groups -OCH3 is 2. The van der Waals surface area contributed by atoms with Crippen LogP contribution in [-0.4, -0.2) is 31.4 Å². The Morgan fingerprint density at radius 1 is 1.13 bits per heavy atom. The second kappa shape index (κ2) is 7.91. The number of hydrogen-bond acceptors (Lipinski definition) is 6. The van der Waals surface area contributed by atoms with E-state index in [0.29, 0.717) is 57.4 Å². The molecule has 1 aliphatic rings. The summed E-state index contributed by atoms with van der Waals surface area (Å²) in [5.41, 5.74) is 0.604. The van der Waals surface area contributed by atoms with Gasteiger partial charge in [-0.3, -0.25) is 9.59 Å². The zero-order chi connectivity index (χ0) is 21.4. The van der Waals surface area contributed by atoms with Crippen LogP contribution in [0.2, 0.25) is 5.02 Å². The van der Waals surface area contributed by atoms with Crippen LogP contribution in [0, 0.1) is 5.92 Å². The summed E-state index contributed by atoms with van der Waals surface area (Å²) in [4.78, 5) is 23.6. The number of aliphatic carboxylic acids is 1. The van der Waals surface area contributed by atoms with Gasteiger partial charge in [-0.05, 0) is 37.1 Å². The molecule has 1 aromatic heterocycles. The molecule has 1 heterocycles. The molecule has 30 heavy (non-hydrogen) atoms. The summed E-state index contributed by atoms with van der Waals surface area (Å²) >= 11 is 6.21. The molecule has 0 saturated heterocycles. The van der Waals surface area contributed by atoms with Gasteiger partial charge in [-0.25, -0.2) is 0 Å². The van der Waals surface area contributed by atoms with Gasteiger partial charge in [-0.2, -0.15) is 0 Å². The monoisotopic (exact) mass is 430 g/mol. The number of rotatable bonds is 6. The van der Waals surface area contributed by atoms with Gasteiger partial charge in [-0.1, -0.05) is 17.7 Å². The summed E-state index contributed by atoms with van der Waals surface area (Å²) in [6.45, 7) is 0. The number of para-hydroxylation sites is 1. The number of carbonyl (C=O) groups is 1. The normalized spacial score (nSPS) is 18.0. The second-order valence-electron chi connectivity index (χ2n) is 7.05. The lowest BCUT2D eigenvalue weighted by molar-refractivity contribution is -0.147. The lowest BCUT2D eigenvalue weighted by Gasteiger charge is -2.33. The van der Waals surface area contributed by atoms with Crippen LogP contribution < -0.4 is 19.6 Å². The SMILES string of the molecule is COc1cc(-c2cc(=O)c3cccc(Cl)c3o2)cc(OC2CC(C(=O)O)C2)c1OC. The summed E-state index contributed by atoms with van der Waals surface area (Å²) in [6, 6.07) is 9.72. The molecule has 4 rings (SSSR count). The van der Waals surface area contributed by atoms with Crippen LogP contribution in [0.4, 0.5) is 0 Å². The maximum atomic E-state index is 12.6. The average molecular weight is 431 g/mol. The number of hydrogen-bond donors (Lipinski definition) is 1. The van der Waals surface area contributed by atoms with Gasteiger partial charge in [0.15, 0.2) is 22.5 Å². The number of ether oxygens (including phenoxy) is 3. The smallest absolute Gasteiger partial charge is 0.306 e. The molecule has 0 spiro atoms. The van der Waals surface area contributed by atoms with E-state index in [-0.39, 0.29) is 11.5 Å². The molecule has 0 amide bonds. The van der Waals surface area contributed by atoms with Gasteiger partial charge in [0.25, 0.3) is 0 Å². The van der Waals surface area contributed by atoms with Crippen molar-refractivity contribution in [1.29, 1.82) is 0 Å². The van der Waals surface area contributed by atoms with Crippen LogP contribution in [0.1, 0.15) is 12.8 Å². The zero-order valence-electron chi connectivity index (χ0n) is 16.3. The van der Waals surface area contributed by atoms with Crippen LogP contribution in [0.15, 0.2) is 45.6 Å². The average Bonchev–Trinajstić information content (AvgIpc) is 2.69. The minimum atomic E-state index is -0.831. The number of carboxylic acids is 1. The molecule has 0 atom stereocenters. The van der Waals surface area contributed by atoms with E-state index >= 15 is 0 Å². The van der Waals surface area contributed by atoms with Gasteiger partial charge >= 0.3 is 5.97 Å². The highest BCUT2D eigenvalue weighted by Gasteiger charge is 2.36. The van der Waals surface area contributed by atoms with E-state index in [9.17, 15) is 9.59 Å².